The summed E-state index contributed by atoms with van der Waals surface area (Å²) in [6.45, 7) is 3.45. The smallest absolute Gasteiger partial charge is 0.261 e. The molecule has 0 bridgehead atoms. The van der Waals surface area contributed by atoms with E-state index in [0.717, 1.165) is 61.9 Å². The Bertz CT molecular complexity index is 1210. The molecule has 0 aliphatic carbocycles. The molecule has 7 heteroatoms. The Balaban J connectivity index is 1.37. The van der Waals surface area contributed by atoms with Crippen LogP contribution in [-0.2, 0) is 13.0 Å². The summed E-state index contributed by atoms with van der Waals surface area (Å²) >= 11 is 6.33. The second kappa shape index (κ2) is 8.94. The van der Waals surface area contributed by atoms with Crippen molar-refractivity contribution in [2.75, 3.05) is 31.1 Å². The summed E-state index contributed by atoms with van der Waals surface area (Å²) in [4.78, 5) is 35.1. The number of nitrogens with zero attached hydrogens (tertiary/aromatic N) is 4. The predicted molar refractivity (Wildman–Crippen MR) is 128 cm³/mol. The molecular weight excluding hydrogens is 424 g/mol. The van der Waals surface area contributed by atoms with Gasteiger partial charge < -0.3 is 9.80 Å². The number of fused-ring (bicyclic) bond motifs is 2. The van der Waals surface area contributed by atoms with Crippen LogP contribution in [-0.4, -0.2) is 46.5 Å². The van der Waals surface area contributed by atoms with Crippen LogP contribution in [0.4, 0.5) is 5.69 Å². The number of hydrogen-bond donors (Lipinski definition) is 0. The molecule has 0 atom stereocenters. The van der Waals surface area contributed by atoms with Crippen molar-refractivity contribution in [1.29, 1.82) is 0 Å². The molecule has 3 aromatic rings. The van der Waals surface area contributed by atoms with E-state index in [0.29, 0.717) is 29.6 Å². The molecule has 2 aliphatic rings. The molecule has 0 N–H and O–H groups in total. The molecule has 166 valence electrons. The zero-order chi connectivity index (χ0) is 22.1. The molecule has 0 radical (unpaired) electrons. The van der Waals surface area contributed by atoms with Gasteiger partial charge in [0, 0.05) is 44.7 Å². The fraction of sp³-hybridized carbons (Fsp3) is 0.400. The Labute approximate surface area is 192 Å². The van der Waals surface area contributed by atoms with Crippen LogP contribution in [0.5, 0.6) is 0 Å². The van der Waals surface area contributed by atoms with Gasteiger partial charge in [0.15, 0.2) is 0 Å². The number of benzene rings is 2. The number of rotatable bonds is 2. The van der Waals surface area contributed by atoms with Gasteiger partial charge >= 0.3 is 0 Å². The Morgan fingerprint density at radius 2 is 1.69 bits per heavy atom. The van der Waals surface area contributed by atoms with Gasteiger partial charge in [-0.3, -0.25) is 14.2 Å². The first-order valence-electron chi connectivity index (χ1n) is 11.4. The quantitative estimate of drug-likeness (QED) is 0.589. The number of halogens is 1. The van der Waals surface area contributed by atoms with E-state index in [-0.39, 0.29) is 11.5 Å². The van der Waals surface area contributed by atoms with Crippen molar-refractivity contribution in [2.24, 2.45) is 0 Å². The van der Waals surface area contributed by atoms with Crippen molar-refractivity contribution < 1.29 is 4.79 Å². The maximum atomic E-state index is 13.2. The van der Waals surface area contributed by atoms with Crippen LogP contribution < -0.4 is 10.5 Å². The highest BCUT2D eigenvalue weighted by Crippen LogP contribution is 2.26. The Morgan fingerprint density at radius 3 is 2.50 bits per heavy atom. The Kier molecular flexibility index (Phi) is 5.87. The van der Waals surface area contributed by atoms with Crippen LogP contribution in [0, 0.1) is 0 Å². The topological polar surface area (TPSA) is 58.4 Å². The van der Waals surface area contributed by atoms with E-state index >= 15 is 0 Å². The molecule has 0 saturated carbocycles. The minimum atomic E-state index is -0.0145. The van der Waals surface area contributed by atoms with Gasteiger partial charge in [0.05, 0.1) is 21.6 Å². The maximum absolute atomic E-state index is 13.2. The molecule has 1 aromatic heterocycles. The van der Waals surface area contributed by atoms with Crippen molar-refractivity contribution in [1.82, 2.24) is 14.5 Å². The summed E-state index contributed by atoms with van der Waals surface area (Å²) < 4.78 is 1.83. The van der Waals surface area contributed by atoms with Crippen molar-refractivity contribution in [2.45, 2.75) is 38.6 Å². The highest BCUT2D eigenvalue weighted by molar-refractivity contribution is 6.33. The molecule has 1 amide bonds. The predicted octanol–water partition coefficient (Wildman–Crippen LogP) is 4.13. The number of hydrogen-bond acceptors (Lipinski definition) is 4. The third-order valence-corrected chi connectivity index (χ3v) is 6.89. The Morgan fingerprint density at radius 1 is 0.906 bits per heavy atom. The van der Waals surface area contributed by atoms with Crippen molar-refractivity contribution in [3.05, 3.63) is 69.2 Å². The van der Waals surface area contributed by atoms with Gasteiger partial charge in [-0.05, 0) is 43.2 Å². The first-order valence-corrected chi connectivity index (χ1v) is 11.8. The number of anilines is 1. The third kappa shape index (κ3) is 3.99. The first kappa shape index (κ1) is 21.0. The summed E-state index contributed by atoms with van der Waals surface area (Å²) in [5.74, 6) is 0.833. The Hall–Kier alpha value is -2.86. The van der Waals surface area contributed by atoms with Crippen molar-refractivity contribution in [3.63, 3.8) is 0 Å². The normalized spacial score (nSPS) is 17.0. The standard InChI is InChI=1S/C25H27ClN4O2/c26-20-7-4-5-8-22(20)28-13-15-29(16-14-28)24(31)18-10-11-19-21(17-18)27-23-9-3-1-2-6-12-30(23)25(19)32/h4-5,7-8,10-11,17H,1-3,6,9,12-16H2. The third-order valence-electron chi connectivity index (χ3n) is 6.57. The molecule has 6 nitrogen and oxygen atoms in total. The zero-order valence-corrected chi connectivity index (χ0v) is 18.9. The van der Waals surface area contributed by atoms with Crippen molar-refractivity contribution in [3.8, 4) is 0 Å². The average Bonchev–Trinajstić information content (AvgIpc) is 2.80. The molecular formula is C25H27ClN4O2. The van der Waals surface area contributed by atoms with Gasteiger partial charge in [-0.25, -0.2) is 4.98 Å². The lowest BCUT2D eigenvalue weighted by Gasteiger charge is -2.36. The van der Waals surface area contributed by atoms with Gasteiger partial charge in [0.25, 0.3) is 11.5 Å². The van der Waals surface area contributed by atoms with Gasteiger partial charge in [-0.1, -0.05) is 36.6 Å². The van der Waals surface area contributed by atoms with Crippen molar-refractivity contribution >= 4 is 34.1 Å². The van der Waals surface area contributed by atoms with E-state index in [1.807, 2.05) is 33.7 Å². The second-order valence-corrected chi connectivity index (χ2v) is 9.02. The second-order valence-electron chi connectivity index (χ2n) is 8.61. The molecule has 3 heterocycles. The van der Waals surface area contributed by atoms with E-state index in [1.54, 1.807) is 18.2 Å². The summed E-state index contributed by atoms with van der Waals surface area (Å²) in [7, 11) is 0. The van der Waals surface area contributed by atoms with Gasteiger partial charge in [0.1, 0.15) is 5.82 Å². The molecule has 0 spiro atoms. The highest BCUT2D eigenvalue weighted by Gasteiger charge is 2.24. The zero-order valence-electron chi connectivity index (χ0n) is 18.1. The molecule has 2 aromatic carbocycles. The van der Waals surface area contributed by atoms with Crippen LogP contribution in [0.1, 0.15) is 41.9 Å². The van der Waals surface area contributed by atoms with E-state index < -0.39 is 0 Å². The number of aromatic nitrogens is 2. The fourth-order valence-corrected chi connectivity index (χ4v) is 5.02. The lowest BCUT2D eigenvalue weighted by Crippen LogP contribution is -2.48. The number of piperazine rings is 1. The number of carbonyl (C=O) groups is 1. The van der Waals surface area contributed by atoms with Crippen LogP contribution in [0.15, 0.2) is 47.3 Å². The number of aryl methyl sites for hydroxylation is 1. The lowest BCUT2D eigenvalue weighted by molar-refractivity contribution is 0.0747. The summed E-state index contributed by atoms with van der Waals surface area (Å²) in [5, 5.41) is 1.32. The number of amides is 1. The van der Waals surface area contributed by atoms with Crippen LogP contribution in [0.3, 0.4) is 0 Å². The van der Waals surface area contributed by atoms with Crippen LogP contribution >= 0.6 is 11.6 Å². The molecule has 32 heavy (non-hydrogen) atoms. The average molecular weight is 451 g/mol. The van der Waals surface area contributed by atoms with Crippen LogP contribution in [0.25, 0.3) is 10.9 Å². The highest BCUT2D eigenvalue weighted by atomic mass is 35.5. The van der Waals surface area contributed by atoms with E-state index in [2.05, 4.69) is 4.90 Å². The van der Waals surface area contributed by atoms with E-state index in [9.17, 15) is 9.59 Å². The lowest BCUT2D eigenvalue weighted by atomic mass is 10.1. The van der Waals surface area contributed by atoms with Gasteiger partial charge in [-0.15, -0.1) is 0 Å². The minimum Gasteiger partial charge on any atom is -0.367 e. The molecule has 2 aliphatic heterocycles. The van der Waals surface area contributed by atoms with Gasteiger partial charge in [0.2, 0.25) is 0 Å². The first-order chi connectivity index (χ1) is 15.6. The SMILES string of the molecule is O=C(c1ccc2c(=O)n3c(nc2c1)CCCCCC3)N1CCN(c2ccccc2Cl)CC1. The maximum Gasteiger partial charge on any atom is 0.261 e. The van der Waals surface area contributed by atoms with Gasteiger partial charge in [-0.2, -0.15) is 0 Å². The molecule has 1 saturated heterocycles. The fourth-order valence-electron chi connectivity index (χ4n) is 4.77. The van der Waals surface area contributed by atoms with Crippen LogP contribution in [0.2, 0.25) is 5.02 Å². The molecule has 0 unspecified atom stereocenters. The number of para-hydroxylation sites is 1. The largest absolute Gasteiger partial charge is 0.367 e. The summed E-state index contributed by atoms with van der Waals surface area (Å²) in [6, 6.07) is 13.1. The van der Waals surface area contributed by atoms with E-state index in [4.69, 9.17) is 16.6 Å². The monoisotopic (exact) mass is 450 g/mol. The minimum absolute atomic E-state index is 0.0132. The molecule has 5 rings (SSSR count). The molecule has 1 fully saturated rings. The summed E-state index contributed by atoms with van der Waals surface area (Å²) in [6.07, 6.45) is 5.20. The summed E-state index contributed by atoms with van der Waals surface area (Å²) in [5.41, 5.74) is 2.24. The van der Waals surface area contributed by atoms with E-state index in [1.165, 1.54) is 6.42 Å². The number of carbonyl (C=O) groups excluding carboxylic acids is 1.